The van der Waals surface area contributed by atoms with Gasteiger partial charge in [-0.15, -0.1) is 0 Å². The molecule has 0 amide bonds. The quantitative estimate of drug-likeness (QED) is 0.400. The Hall–Kier alpha value is -0.620. The minimum absolute atomic E-state index is 0.676. The van der Waals surface area contributed by atoms with Gasteiger partial charge in [0.1, 0.15) is 0 Å². The van der Waals surface area contributed by atoms with Gasteiger partial charge in [-0.05, 0) is 24.4 Å². The third-order valence-electron chi connectivity index (χ3n) is 0.908. The number of nitrogens with one attached hydrogen (secondary N) is 4. The molecule has 0 heterocycles. The van der Waals surface area contributed by atoms with E-state index in [-0.39, 0.29) is 0 Å². The van der Waals surface area contributed by atoms with Crippen molar-refractivity contribution in [2.75, 3.05) is 28.2 Å². The summed E-state index contributed by atoms with van der Waals surface area (Å²) in [6.45, 7) is 0. The minimum Gasteiger partial charge on any atom is -0.366 e. The van der Waals surface area contributed by atoms with Crippen LogP contribution < -0.4 is 21.3 Å². The van der Waals surface area contributed by atoms with Gasteiger partial charge in [-0.25, -0.2) is 0 Å². The fourth-order valence-corrected chi connectivity index (χ4v) is 0.250. The molecule has 0 radical (unpaired) electrons. The second kappa shape index (κ2) is 10.4. The highest BCUT2D eigenvalue weighted by Crippen LogP contribution is 1.52. The van der Waals surface area contributed by atoms with Crippen LogP contribution >= 0.6 is 24.4 Å². The average Bonchev–Trinajstić information content (AvgIpc) is 2.16. The van der Waals surface area contributed by atoms with Crippen molar-refractivity contribution in [3.05, 3.63) is 0 Å². The molecule has 6 heteroatoms. The first-order valence-corrected chi connectivity index (χ1v) is 4.22. The topological polar surface area (TPSA) is 48.1 Å². The van der Waals surface area contributed by atoms with Gasteiger partial charge in [0.25, 0.3) is 0 Å². The molecule has 0 fully saturated rings. The van der Waals surface area contributed by atoms with Crippen LogP contribution in [0.2, 0.25) is 0 Å². The number of thiocarbonyl (C=S) groups is 2. The Labute approximate surface area is 84.5 Å². The molecule has 0 aromatic heterocycles. The van der Waals surface area contributed by atoms with Gasteiger partial charge >= 0.3 is 0 Å². The fourth-order valence-electron chi connectivity index (χ4n) is 0.250. The molecule has 0 bridgehead atoms. The van der Waals surface area contributed by atoms with E-state index in [2.05, 4.69) is 45.7 Å². The van der Waals surface area contributed by atoms with Crippen molar-refractivity contribution in [3.63, 3.8) is 0 Å². The molecule has 0 aliphatic carbocycles. The second-order valence-corrected chi connectivity index (χ2v) is 2.47. The van der Waals surface area contributed by atoms with Crippen molar-refractivity contribution >= 4 is 34.7 Å². The molecular weight excluding hydrogens is 192 g/mol. The second-order valence-electron chi connectivity index (χ2n) is 1.66. The maximum Gasteiger partial charge on any atom is 0.165 e. The normalized spacial score (nSPS) is 7.00. The minimum atomic E-state index is 0.676. The van der Waals surface area contributed by atoms with Gasteiger partial charge in [0.05, 0.1) is 0 Å². The molecule has 0 unspecified atom stereocenters. The molecule has 72 valence electrons. The van der Waals surface area contributed by atoms with Crippen molar-refractivity contribution in [2.45, 2.75) is 0 Å². The molecule has 0 rings (SSSR count). The van der Waals surface area contributed by atoms with Gasteiger partial charge in [-0.2, -0.15) is 0 Å². The van der Waals surface area contributed by atoms with Crippen molar-refractivity contribution in [2.24, 2.45) is 0 Å². The summed E-state index contributed by atoms with van der Waals surface area (Å²) in [5.74, 6) is 0. The average molecular weight is 208 g/mol. The molecule has 0 atom stereocenters. The van der Waals surface area contributed by atoms with Gasteiger partial charge in [-0.1, -0.05) is 0 Å². The molecule has 0 aliphatic heterocycles. The van der Waals surface area contributed by atoms with Crippen LogP contribution in [0.3, 0.4) is 0 Å². The summed E-state index contributed by atoms with van der Waals surface area (Å²) >= 11 is 9.27. The first kappa shape index (κ1) is 13.9. The summed E-state index contributed by atoms with van der Waals surface area (Å²) < 4.78 is 0. The lowest BCUT2D eigenvalue weighted by molar-refractivity contribution is 1.06. The highest BCUT2D eigenvalue weighted by molar-refractivity contribution is 7.80. The van der Waals surface area contributed by atoms with Crippen LogP contribution in [0, 0.1) is 0 Å². The lowest BCUT2D eigenvalue weighted by Crippen LogP contribution is -2.28. The van der Waals surface area contributed by atoms with Crippen molar-refractivity contribution in [1.29, 1.82) is 0 Å². The predicted molar refractivity (Wildman–Crippen MR) is 61.4 cm³/mol. The number of hydrogen-bond acceptors (Lipinski definition) is 2. The van der Waals surface area contributed by atoms with Gasteiger partial charge in [0.15, 0.2) is 10.2 Å². The van der Waals surface area contributed by atoms with E-state index in [1.807, 2.05) is 0 Å². The Balaban J connectivity index is 0. The summed E-state index contributed by atoms with van der Waals surface area (Å²) in [4.78, 5) is 0. The maximum absolute atomic E-state index is 4.63. The Bertz CT molecular complexity index is 110. The lowest BCUT2D eigenvalue weighted by atomic mass is 11.0. The Morgan fingerprint density at radius 3 is 0.833 bits per heavy atom. The van der Waals surface area contributed by atoms with Crippen molar-refractivity contribution in [1.82, 2.24) is 21.3 Å². The first-order valence-electron chi connectivity index (χ1n) is 3.41. The van der Waals surface area contributed by atoms with Crippen LogP contribution in [0.15, 0.2) is 0 Å². The van der Waals surface area contributed by atoms with E-state index in [9.17, 15) is 0 Å². The molecule has 0 saturated carbocycles. The van der Waals surface area contributed by atoms with Crippen LogP contribution in [0.1, 0.15) is 0 Å². The maximum atomic E-state index is 4.63. The van der Waals surface area contributed by atoms with Crippen molar-refractivity contribution < 1.29 is 0 Å². The molecule has 0 aliphatic rings. The third-order valence-corrected chi connectivity index (χ3v) is 1.72. The number of rotatable bonds is 0. The van der Waals surface area contributed by atoms with Crippen LogP contribution in [0.4, 0.5) is 0 Å². The zero-order valence-corrected chi connectivity index (χ0v) is 9.45. The fraction of sp³-hybridized carbons (Fsp3) is 0.667. The summed E-state index contributed by atoms with van der Waals surface area (Å²) in [5, 5.41) is 12.3. The van der Waals surface area contributed by atoms with Gasteiger partial charge in [0, 0.05) is 28.2 Å². The largest absolute Gasteiger partial charge is 0.366 e. The summed E-state index contributed by atoms with van der Waals surface area (Å²) in [7, 11) is 7.11. The van der Waals surface area contributed by atoms with Crippen molar-refractivity contribution in [3.8, 4) is 0 Å². The highest BCUT2D eigenvalue weighted by atomic mass is 32.1. The van der Waals surface area contributed by atoms with E-state index in [1.165, 1.54) is 0 Å². The molecule has 12 heavy (non-hydrogen) atoms. The van der Waals surface area contributed by atoms with Crippen LogP contribution in [0.5, 0.6) is 0 Å². The van der Waals surface area contributed by atoms with Crippen LogP contribution in [-0.2, 0) is 0 Å². The van der Waals surface area contributed by atoms with E-state index < -0.39 is 0 Å². The van der Waals surface area contributed by atoms with Gasteiger partial charge in [-0.3, -0.25) is 0 Å². The monoisotopic (exact) mass is 208 g/mol. The summed E-state index contributed by atoms with van der Waals surface area (Å²) in [6.07, 6.45) is 0. The van der Waals surface area contributed by atoms with E-state index in [0.717, 1.165) is 0 Å². The summed E-state index contributed by atoms with van der Waals surface area (Å²) in [5.41, 5.74) is 0. The molecule has 0 spiro atoms. The summed E-state index contributed by atoms with van der Waals surface area (Å²) in [6, 6.07) is 0. The van der Waals surface area contributed by atoms with Crippen LogP contribution in [-0.4, -0.2) is 38.4 Å². The third kappa shape index (κ3) is 12.1. The van der Waals surface area contributed by atoms with E-state index >= 15 is 0 Å². The smallest absolute Gasteiger partial charge is 0.165 e. The number of hydrogen-bond donors (Lipinski definition) is 4. The standard InChI is InChI=1S/2C3H8N2S/c2*1-4-3(6)5-2/h2*1-2H3,(H2,4,5,6). The molecule has 0 aromatic carbocycles. The van der Waals surface area contributed by atoms with E-state index in [1.54, 1.807) is 28.2 Å². The van der Waals surface area contributed by atoms with Gasteiger partial charge < -0.3 is 21.3 Å². The predicted octanol–water partition coefficient (Wildman–Crippen LogP) is -0.580. The molecule has 4 nitrogen and oxygen atoms in total. The zero-order valence-electron chi connectivity index (χ0n) is 7.82. The van der Waals surface area contributed by atoms with E-state index in [0.29, 0.717) is 10.2 Å². The zero-order chi connectivity index (χ0) is 9.98. The lowest BCUT2D eigenvalue weighted by Gasteiger charge is -1.95. The van der Waals surface area contributed by atoms with E-state index in [4.69, 9.17) is 0 Å². The molecule has 4 N–H and O–H groups in total. The first-order chi connectivity index (χ1) is 5.62. The van der Waals surface area contributed by atoms with Gasteiger partial charge in [0.2, 0.25) is 0 Å². The Morgan fingerprint density at radius 1 is 0.667 bits per heavy atom. The molecule has 0 aromatic rings. The Morgan fingerprint density at radius 2 is 0.833 bits per heavy atom. The van der Waals surface area contributed by atoms with Crippen LogP contribution in [0.25, 0.3) is 0 Å². The SMILES string of the molecule is CNC(=S)NC.CNC(=S)NC. The molecular formula is C6H16N4S2. The molecule has 0 saturated heterocycles. The highest BCUT2D eigenvalue weighted by Gasteiger charge is 1.75. The Kier molecular flexibility index (Phi) is 12.1.